The standard InChI is InChI=1S/C17H22N4O2/c1-4-9-18-17(22)15-10-16(21-12(2)20-15)19-11-13-5-7-14(23-3)8-6-13/h5-8,10H,4,9,11H2,1-3H3,(H,18,22)(H,19,20,21). The van der Waals surface area contributed by atoms with Gasteiger partial charge in [-0.15, -0.1) is 0 Å². The lowest BCUT2D eigenvalue weighted by Crippen LogP contribution is -2.25. The zero-order valence-corrected chi connectivity index (χ0v) is 13.7. The van der Waals surface area contributed by atoms with E-state index in [1.807, 2.05) is 31.2 Å². The van der Waals surface area contributed by atoms with Gasteiger partial charge in [-0.3, -0.25) is 4.79 Å². The highest BCUT2D eigenvalue weighted by Gasteiger charge is 2.09. The first-order valence-corrected chi connectivity index (χ1v) is 7.63. The van der Waals surface area contributed by atoms with Gasteiger partial charge < -0.3 is 15.4 Å². The number of carbonyl (C=O) groups is 1. The maximum absolute atomic E-state index is 12.0. The number of hydrogen-bond donors (Lipinski definition) is 2. The van der Waals surface area contributed by atoms with Crippen molar-refractivity contribution in [3.63, 3.8) is 0 Å². The van der Waals surface area contributed by atoms with E-state index in [0.717, 1.165) is 17.7 Å². The molecule has 0 bridgehead atoms. The van der Waals surface area contributed by atoms with Gasteiger partial charge in [0.05, 0.1) is 7.11 Å². The first-order valence-electron chi connectivity index (χ1n) is 7.63. The van der Waals surface area contributed by atoms with Gasteiger partial charge in [0.2, 0.25) is 0 Å². The van der Waals surface area contributed by atoms with E-state index in [2.05, 4.69) is 20.6 Å². The predicted molar refractivity (Wildman–Crippen MR) is 89.7 cm³/mol. The highest BCUT2D eigenvalue weighted by molar-refractivity contribution is 5.92. The minimum Gasteiger partial charge on any atom is -0.497 e. The second kappa shape index (κ2) is 8.12. The maximum Gasteiger partial charge on any atom is 0.270 e. The smallest absolute Gasteiger partial charge is 0.270 e. The number of ether oxygens (including phenoxy) is 1. The minimum absolute atomic E-state index is 0.176. The number of amides is 1. The molecule has 0 aliphatic rings. The number of hydrogen-bond acceptors (Lipinski definition) is 5. The Morgan fingerprint density at radius 3 is 2.61 bits per heavy atom. The zero-order valence-electron chi connectivity index (χ0n) is 13.7. The summed E-state index contributed by atoms with van der Waals surface area (Å²) in [6.45, 7) is 5.02. The SMILES string of the molecule is CCCNC(=O)c1cc(NCc2ccc(OC)cc2)nc(C)n1. The highest BCUT2D eigenvalue weighted by atomic mass is 16.5. The summed E-state index contributed by atoms with van der Waals surface area (Å²) in [6, 6.07) is 9.45. The van der Waals surface area contributed by atoms with E-state index in [4.69, 9.17) is 4.74 Å². The molecule has 6 nitrogen and oxygen atoms in total. The van der Waals surface area contributed by atoms with Gasteiger partial charge in [-0.05, 0) is 31.0 Å². The molecular weight excluding hydrogens is 292 g/mol. The zero-order chi connectivity index (χ0) is 16.7. The molecule has 2 rings (SSSR count). The van der Waals surface area contributed by atoms with Gasteiger partial charge in [0.15, 0.2) is 0 Å². The number of aryl methyl sites for hydroxylation is 1. The van der Waals surface area contributed by atoms with E-state index in [9.17, 15) is 4.79 Å². The summed E-state index contributed by atoms with van der Waals surface area (Å²) in [5, 5.41) is 6.04. The minimum atomic E-state index is -0.176. The number of carbonyl (C=O) groups excluding carboxylic acids is 1. The molecule has 2 aromatic rings. The van der Waals surface area contributed by atoms with Gasteiger partial charge >= 0.3 is 0 Å². The van der Waals surface area contributed by atoms with Gasteiger partial charge in [0.1, 0.15) is 23.1 Å². The quantitative estimate of drug-likeness (QED) is 0.821. The van der Waals surface area contributed by atoms with E-state index in [0.29, 0.717) is 30.4 Å². The topological polar surface area (TPSA) is 76.1 Å². The number of methoxy groups -OCH3 is 1. The molecule has 0 aliphatic heterocycles. The number of nitrogens with one attached hydrogen (secondary N) is 2. The highest BCUT2D eigenvalue weighted by Crippen LogP contribution is 2.13. The Morgan fingerprint density at radius 1 is 1.22 bits per heavy atom. The van der Waals surface area contributed by atoms with Gasteiger partial charge in [-0.25, -0.2) is 9.97 Å². The van der Waals surface area contributed by atoms with Gasteiger partial charge in [0.25, 0.3) is 5.91 Å². The molecule has 23 heavy (non-hydrogen) atoms. The van der Waals surface area contributed by atoms with E-state index in [1.165, 1.54) is 0 Å². The lowest BCUT2D eigenvalue weighted by Gasteiger charge is -2.09. The van der Waals surface area contributed by atoms with E-state index >= 15 is 0 Å². The molecule has 122 valence electrons. The molecule has 6 heteroatoms. The molecule has 0 aliphatic carbocycles. The van der Waals surface area contributed by atoms with Crippen molar-refractivity contribution < 1.29 is 9.53 Å². The van der Waals surface area contributed by atoms with Gasteiger partial charge in [-0.1, -0.05) is 19.1 Å². The summed E-state index contributed by atoms with van der Waals surface area (Å²) >= 11 is 0. The second-order valence-corrected chi connectivity index (χ2v) is 5.14. The maximum atomic E-state index is 12.0. The number of benzene rings is 1. The number of anilines is 1. The fourth-order valence-corrected chi connectivity index (χ4v) is 2.04. The summed E-state index contributed by atoms with van der Waals surface area (Å²) in [4.78, 5) is 20.5. The lowest BCUT2D eigenvalue weighted by atomic mass is 10.2. The van der Waals surface area contributed by atoms with Crippen LogP contribution in [-0.4, -0.2) is 29.5 Å². The molecule has 0 radical (unpaired) electrons. The molecule has 2 N–H and O–H groups in total. The molecule has 1 aromatic heterocycles. The molecule has 1 amide bonds. The van der Waals surface area contributed by atoms with Crippen molar-refractivity contribution in [1.29, 1.82) is 0 Å². The van der Waals surface area contributed by atoms with Crippen LogP contribution in [0, 0.1) is 6.92 Å². The molecule has 0 saturated heterocycles. The van der Waals surface area contributed by atoms with Crippen LogP contribution in [0.5, 0.6) is 5.75 Å². The van der Waals surface area contributed by atoms with Crippen molar-refractivity contribution in [2.75, 3.05) is 19.0 Å². The average molecular weight is 314 g/mol. The Balaban J connectivity index is 2.04. The molecule has 0 unspecified atom stereocenters. The van der Waals surface area contributed by atoms with E-state index in [-0.39, 0.29) is 5.91 Å². The molecule has 0 fully saturated rings. The number of rotatable bonds is 7. The molecule has 0 saturated carbocycles. The van der Waals surface area contributed by atoms with Crippen LogP contribution in [0.2, 0.25) is 0 Å². The average Bonchev–Trinajstić information content (AvgIpc) is 2.57. The largest absolute Gasteiger partial charge is 0.497 e. The molecular formula is C17H22N4O2. The molecule has 0 spiro atoms. The normalized spacial score (nSPS) is 10.2. The van der Waals surface area contributed by atoms with Gasteiger partial charge in [-0.2, -0.15) is 0 Å². The van der Waals surface area contributed by atoms with Crippen molar-refractivity contribution in [2.24, 2.45) is 0 Å². The summed E-state index contributed by atoms with van der Waals surface area (Å²) in [6.07, 6.45) is 0.887. The van der Waals surface area contributed by atoms with Crippen LogP contribution in [0.4, 0.5) is 5.82 Å². The monoisotopic (exact) mass is 314 g/mol. The fourth-order valence-electron chi connectivity index (χ4n) is 2.04. The Kier molecular flexibility index (Phi) is 5.91. The van der Waals surface area contributed by atoms with Crippen LogP contribution in [-0.2, 0) is 6.54 Å². The molecule has 1 heterocycles. The molecule has 0 atom stereocenters. The van der Waals surface area contributed by atoms with Crippen molar-refractivity contribution >= 4 is 11.7 Å². The Bertz CT molecular complexity index is 656. The summed E-state index contributed by atoms with van der Waals surface area (Å²) in [7, 11) is 1.64. The van der Waals surface area contributed by atoms with Gasteiger partial charge in [0, 0.05) is 19.2 Å². The number of nitrogens with zero attached hydrogens (tertiary/aromatic N) is 2. The number of aromatic nitrogens is 2. The fraction of sp³-hybridized carbons (Fsp3) is 0.353. The third kappa shape index (κ3) is 4.95. The first kappa shape index (κ1) is 16.7. The summed E-state index contributed by atoms with van der Waals surface area (Å²) in [5.74, 6) is 1.84. The Labute approximate surface area is 136 Å². The summed E-state index contributed by atoms with van der Waals surface area (Å²) in [5.41, 5.74) is 1.47. The van der Waals surface area contributed by atoms with Crippen LogP contribution in [0.1, 0.15) is 35.2 Å². The van der Waals surface area contributed by atoms with Crippen LogP contribution in [0.3, 0.4) is 0 Å². The Hall–Kier alpha value is -2.63. The third-order valence-electron chi connectivity index (χ3n) is 3.24. The van der Waals surface area contributed by atoms with E-state index < -0.39 is 0 Å². The van der Waals surface area contributed by atoms with Crippen LogP contribution in [0.25, 0.3) is 0 Å². The molecule has 1 aromatic carbocycles. The van der Waals surface area contributed by atoms with E-state index in [1.54, 1.807) is 20.1 Å². The first-order chi connectivity index (χ1) is 11.1. The van der Waals surface area contributed by atoms with Crippen LogP contribution in [0.15, 0.2) is 30.3 Å². The van der Waals surface area contributed by atoms with Crippen molar-refractivity contribution in [3.05, 3.63) is 47.4 Å². The lowest BCUT2D eigenvalue weighted by molar-refractivity contribution is 0.0948. The van der Waals surface area contributed by atoms with Crippen molar-refractivity contribution in [2.45, 2.75) is 26.8 Å². The second-order valence-electron chi connectivity index (χ2n) is 5.14. The third-order valence-corrected chi connectivity index (χ3v) is 3.24. The van der Waals surface area contributed by atoms with Crippen molar-refractivity contribution in [3.8, 4) is 5.75 Å². The van der Waals surface area contributed by atoms with Crippen LogP contribution >= 0.6 is 0 Å². The van der Waals surface area contributed by atoms with Crippen molar-refractivity contribution in [1.82, 2.24) is 15.3 Å². The summed E-state index contributed by atoms with van der Waals surface area (Å²) < 4.78 is 5.14. The van der Waals surface area contributed by atoms with Crippen LogP contribution < -0.4 is 15.4 Å². The Morgan fingerprint density at radius 2 is 1.96 bits per heavy atom. The predicted octanol–water partition coefficient (Wildman–Crippen LogP) is 2.55.